The zero-order chi connectivity index (χ0) is 28.8. The van der Waals surface area contributed by atoms with Crippen molar-refractivity contribution in [1.82, 2.24) is 35.4 Å². The number of pyridine rings is 1. The monoisotopic (exact) mass is 535 g/mol. The predicted octanol–water partition coefficient (Wildman–Crippen LogP) is 4.97. The van der Waals surface area contributed by atoms with E-state index in [1.54, 1.807) is 24.4 Å². The van der Waals surface area contributed by atoms with Gasteiger partial charge in [-0.3, -0.25) is 5.10 Å². The fraction of sp³-hybridized carbons (Fsp3) is 0.156. The first-order chi connectivity index (χ1) is 19.2. The summed E-state index contributed by atoms with van der Waals surface area (Å²) in [6, 6.07) is 8.21. The zero-order valence-corrected chi connectivity index (χ0v) is 23.3. The minimum atomic E-state index is -0.285. The molecule has 4 rings (SSSR count). The molecule has 204 valence electrons. The lowest BCUT2D eigenvalue weighted by molar-refractivity contribution is 0.438. The molecule has 0 aliphatic heterocycles. The highest BCUT2D eigenvalue weighted by molar-refractivity contribution is 5.91. The molecular formula is C32H34FN7. The molecule has 0 fully saturated rings. The van der Waals surface area contributed by atoms with Crippen LogP contribution in [0.25, 0.3) is 46.5 Å². The molecule has 0 aliphatic rings. The Morgan fingerprint density at radius 1 is 1.18 bits per heavy atom. The lowest BCUT2D eigenvalue weighted by atomic mass is 10.1. The van der Waals surface area contributed by atoms with Gasteiger partial charge in [0.2, 0.25) is 0 Å². The molecule has 8 heteroatoms. The van der Waals surface area contributed by atoms with Gasteiger partial charge in [-0.25, -0.2) is 14.4 Å². The summed E-state index contributed by atoms with van der Waals surface area (Å²) in [6.07, 6.45) is 11.5. The smallest absolute Gasteiger partial charge is 0.178 e. The third-order valence-corrected chi connectivity index (χ3v) is 6.30. The van der Waals surface area contributed by atoms with Gasteiger partial charge < -0.3 is 15.2 Å². The van der Waals surface area contributed by atoms with E-state index in [1.165, 1.54) is 12.1 Å². The number of imidazole rings is 1. The third kappa shape index (κ3) is 6.42. The Hall–Kier alpha value is -4.82. The number of nitrogens with one attached hydrogen (secondary N) is 3. The van der Waals surface area contributed by atoms with Gasteiger partial charge in [-0.05, 0) is 81.1 Å². The highest BCUT2D eigenvalue weighted by atomic mass is 19.1. The molecule has 3 N–H and O–H groups in total. The average Bonchev–Trinajstić information content (AvgIpc) is 3.52. The second kappa shape index (κ2) is 12.4. The first-order valence-electron chi connectivity index (χ1n) is 12.8. The average molecular weight is 536 g/mol. The Kier molecular flexibility index (Phi) is 8.71. The topological polar surface area (TPSA) is 85.5 Å². The minimum Gasteiger partial charge on any atom is -0.358 e. The van der Waals surface area contributed by atoms with Crippen LogP contribution in [0.3, 0.4) is 0 Å². The molecule has 0 unspecified atom stereocenters. The van der Waals surface area contributed by atoms with E-state index in [9.17, 15) is 4.39 Å². The maximum absolute atomic E-state index is 13.4. The lowest BCUT2D eigenvalue weighted by Crippen LogP contribution is -2.23. The van der Waals surface area contributed by atoms with Gasteiger partial charge in [-0.1, -0.05) is 44.0 Å². The number of aromatic nitrogens is 5. The van der Waals surface area contributed by atoms with E-state index in [4.69, 9.17) is 0 Å². The van der Waals surface area contributed by atoms with E-state index in [0.717, 1.165) is 51.1 Å². The van der Waals surface area contributed by atoms with Crippen molar-refractivity contribution in [3.8, 4) is 22.6 Å². The molecule has 0 spiro atoms. The Labute approximate surface area is 233 Å². The summed E-state index contributed by atoms with van der Waals surface area (Å²) in [4.78, 5) is 14.4. The standard InChI is InChI=1S/C32H34FN7/c1-8-23(18-26(9-2)35-21(4)19-40(6)7)20(3)10-15-28-22(5)29(39-38-28)32-36-30-27(16-17-34-31(30)37-32)24-11-13-25(33)14-12-24/h8-18,35,38H,2,4-5,19H2,1,3,6-7H3,(H,34,36,37)/b20-10+,23-8+,26-18+,28-15+. The second-order valence-electron chi connectivity index (χ2n) is 9.64. The maximum atomic E-state index is 13.4. The number of likely N-dealkylation sites (N-methyl/N-ethyl adjacent to an activating group) is 1. The second-order valence-corrected chi connectivity index (χ2v) is 9.64. The van der Waals surface area contributed by atoms with Crippen LogP contribution in [0.1, 0.15) is 13.8 Å². The van der Waals surface area contributed by atoms with Crippen LogP contribution in [0.15, 0.2) is 96.5 Å². The van der Waals surface area contributed by atoms with Crippen LogP contribution >= 0.6 is 0 Å². The summed E-state index contributed by atoms with van der Waals surface area (Å²) in [5.74, 6) is 0.266. The van der Waals surface area contributed by atoms with Crippen molar-refractivity contribution in [2.75, 3.05) is 20.6 Å². The molecule has 4 aromatic rings. The van der Waals surface area contributed by atoms with Crippen LogP contribution in [0.4, 0.5) is 4.39 Å². The zero-order valence-electron chi connectivity index (χ0n) is 23.3. The largest absolute Gasteiger partial charge is 0.358 e. The van der Waals surface area contributed by atoms with E-state index in [-0.39, 0.29) is 5.82 Å². The molecule has 40 heavy (non-hydrogen) atoms. The normalized spacial score (nSPS) is 13.3. The van der Waals surface area contributed by atoms with Crippen molar-refractivity contribution in [2.24, 2.45) is 0 Å². The maximum Gasteiger partial charge on any atom is 0.178 e. The van der Waals surface area contributed by atoms with Crippen LogP contribution in [-0.4, -0.2) is 50.7 Å². The number of nitrogens with zero attached hydrogens (tertiary/aromatic N) is 4. The Morgan fingerprint density at radius 3 is 2.60 bits per heavy atom. The molecule has 3 heterocycles. The third-order valence-electron chi connectivity index (χ3n) is 6.30. The highest BCUT2D eigenvalue weighted by Gasteiger charge is 2.14. The quantitative estimate of drug-likeness (QED) is 0.250. The van der Waals surface area contributed by atoms with Crippen LogP contribution in [0, 0.1) is 5.82 Å². The first-order valence-corrected chi connectivity index (χ1v) is 12.8. The highest BCUT2D eigenvalue weighted by Crippen LogP contribution is 2.27. The van der Waals surface area contributed by atoms with E-state index in [2.05, 4.69) is 50.2 Å². The number of H-pyrrole nitrogens is 2. The molecule has 0 bridgehead atoms. The molecule has 0 atom stereocenters. The van der Waals surface area contributed by atoms with Gasteiger partial charge in [-0.15, -0.1) is 0 Å². The molecular weight excluding hydrogens is 501 g/mol. The Balaban J connectivity index is 1.62. The van der Waals surface area contributed by atoms with Crippen molar-refractivity contribution >= 4 is 23.8 Å². The van der Waals surface area contributed by atoms with Crippen molar-refractivity contribution < 1.29 is 4.39 Å². The number of halogens is 1. The van der Waals surface area contributed by atoms with Gasteiger partial charge in [0.15, 0.2) is 11.5 Å². The number of rotatable bonds is 10. The van der Waals surface area contributed by atoms with Gasteiger partial charge in [-0.2, -0.15) is 5.10 Å². The summed E-state index contributed by atoms with van der Waals surface area (Å²) in [7, 11) is 4.00. The summed E-state index contributed by atoms with van der Waals surface area (Å²) < 4.78 is 13.4. The summed E-state index contributed by atoms with van der Waals surface area (Å²) in [5, 5.41) is 12.3. The van der Waals surface area contributed by atoms with Crippen LogP contribution in [0.2, 0.25) is 0 Å². The number of benzene rings is 1. The van der Waals surface area contributed by atoms with Crippen molar-refractivity contribution in [1.29, 1.82) is 0 Å². The number of hydrogen-bond acceptors (Lipinski definition) is 5. The van der Waals surface area contributed by atoms with Gasteiger partial charge in [0.05, 0.1) is 10.9 Å². The molecule has 0 amide bonds. The van der Waals surface area contributed by atoms with Gasteiger partial charge in [0.25, 0.3) is 0 Å². The molecule has 1 aromatic carbocycles. The van der Waals surface area contributed by atoms with Crippen LogP contribution < -0.4 is 15.9 Å². The van der Waals surface area contributed by atoms with Crippen LogP contribution in [-0.2, 0) is 0 Å². The predicted molar refractivity (Wildman–Crippen MR) is 163 cm³/mol. The molecule has 0 aliphatic carbocycles. The fourth-order valence-corrected chi connectivity index (χ4v) is 4.27. The van der Waals surface area contributed by atoms with Gasteiger partial charge in [0.1, 0.15) is 11.5 Å². The van der Waals surface area contributed by atoms with Crippen LogP contribution in [0.5, 0.6) is 0 Å². The minimum absolute atomic E-state index is 0.285. The summed E-state index contributed by atoms with van der Waals surface area (Å²) in [6.45, 7) is 17.0. The van der Waals surface area contributed by atoms with Crippen molar-refractivity contribution in [3.63, 3.8) is 0 Å². The lowest BCUT2D eigenvalue weighted by Gasteiger charge is -2.15. The molecule has 0 radical (unpaired) electrons. The van der Waals surface area contributed by atoms with E-state index < -0.39 is 0 Å². The molecule has 3 aromatic heterocycles. The SMILES string of the molecule is C=C\C(=C/C(=C\C)C(/C)=C/C=c1/[nH]nc(-c2nc3nccc(-c4ccc(F)cc4)c3[nH]2)c1=C)NC(=C)CN(C)C. The number of fused-ring (bicyclic) bond motifs is 1. The van der Waals surface area contributed by atoms with Crippen molar-refractivity contribution in [3.05, 3.63) is 113 Å². The molecule has 7 nitrogen and oxygen atoms in total. The van der Waals surface area contributed by atoms with E-state index in [1.807, 2.05) is 63.2 Å². The first kappa shape index (κ1) is 28.2. The molecule has 0 saturated carbocycles. The number of hydrogen-bond donors (Lipinski definition) is 3. The molecule has 0 saturated heterocycles. The van der Waals surface area contributed by atoms with Gasteiger partial charge in [0, 0.05) is 34.9 Å². The van der Waals surface area contributed by atoms with Crippen molar-refractivity contribution in [2.45, 2.75) is 13.8 Å². The summed E-state index contributed by atoms with van der Waals surface area (Å²) >= 11 is 0. The summed E-state index contributed by atoms with van der Waals surface area (Å²) in [5.41, 5.74) is 7.48. The van der Waals surface area contributed by atoms with E-state index in [0.29, 0.717) is 22.4 Å². The van der Waals surface area contributed by atoms with Gasteiger partial charge >= 0.3 is 0 Å². The Morgan fingerprint density at radius 2 is 1.93 bits per heavy atom. The Bertz CT molecular complexity index is 1750. The van der Waals surface area contributed by atoms with E-state index >= 15 is 0 Å². The fourth-order valence-electron chi connectivity index (χ4n) is 4.27. The number of allylic oxidation sites excluding steroid dienone is 6. The number of aromatic amines is 2.